The first-order valence-corrected chi connectivity index (χ1v) is 5.91. The molecule has 0 amide bonds. The zero-order valence-electron chi connectivity index (χ0n) is 10.3. The Kier molecular flexibility index (Phi) is 3.67. The summed E-state index contributed by atoms with van der Waals surface area (Å²) < 4.78 is 2.08. The van der Waals surface area contributed by atoms with E-state index >= 15 is 0 Å². The van der Waals surface area contributed by atoms with Gasteiger partial charge in [0.15, 0.2) is 0 Å². The van der Waals surface area contributed by atoms with E-state index in [2.05, 4.69) is 23.0 Å². The molecule has 0 radical (unpaired) electrons. The van der Waals surface area contributed by atoms with Crippen molar-refractivity contribution in [2.75, 3.05) is 5.32 Å². The van der Waals surface area contributed by atoms with Gasteiger partial charge < -0.3 is 15.0 Å². The monoisotopic (exact) mass is 244 g/mol. The number of nitrogens with one attached hydrogen (secondary N) is 1. The van der Waals surface area contributed by atoms with Gasteiger partial charge in [0.25, 0.3) is 0 Å². The van der Waals surface area contributed by atoms with Crippen molar-refractivity contribution in [1.82, 2.24) is 4.57 Å². The molecule has 1 aromatic heterocycles. The second kappa shape index (κ2) is 5.40. The molecule has 2 aromatic rings. The number of rotatable bonds is 5. The van der Waals surface area contributed by atoms with E-state index in [1.165, 1.54) is 0 Å². The number of nitrogens with zero attached hydrogens (tertiary/aromatic N) is 1. The van der Waals surface area contributed by atoms with Gasteiger partial charge in [-0.3, -0.25) is 0 Å². The number of hydrogen-bond acceptors (Lipinski definition) is 2. The Morgan fingerprint density at radius 1 is 1.33 bits per heavy atom. The number of aromatic nitrogens is 1. The molecule has 0 aliphatic carbocycles. The second-order valence-electron chi connectivity index (χ2n) is 4.05. The van der Waals surface area contributed by atoms with Crippen LogP contribution in [0.25, 0.3) is 0 Å². The van der Waals surface area contributed by atoms with Crippen LogP contribution in [0.1, 0.15) is 22.8 Å². The number of aromatic carboxylic acids is 1. The predicted molar refractivity (Wildman–Crippen MR) is 70.8 cm³/mol. The number of aryl methyl sites for hydroxylation is 1. The Hall–Kier alpha value is -2.23. The molecule has 1 aromatic carbocycles. The number of carboxylic acid groups (broad SMARTS) is 1. The molecule has 0 spiro atoms. The van der Waals surface area contributed by atoms with Crippen LogP contribution in [0, 0.1) is 0 Å². The molecular weight excluding hydrogens is 228 g/mol. The van der Waals surface area contributed by atoms with Crippen LogP contribution in [0.3, 0.4) is 0 Å². The maximum atomic E-state index is 11.0. The highest BCUT2D eigenvalue weighted by molar-refractivity contribution is 5.94. The molecule has 0 bridgehead atoms. The average molecular weight is 244 g/mol. The quantitative estimate of drug-likeness (QED) is 0.850. The highest BCUT2D eigenvalue weighted by Crippen LogP contribution is 2.16. The van der Waals surface area contributed by atoms with Gasteiger partial charge in [0.1, 0.15) is 0 Å². The van der Waals surface area contributed by atoms with Crippen molar-refractivity contribution in [2.24, 2.45) is 0 Å². The number of para-hydroxylation sites is 1. The highest BCUT2D eigenvalue weighted by Gasteiger charge is 2.08. The van der Waals surface area contributed by atoms with E-state index in [1.807, 2.05) is 18.3 Å². The van der Waals surface area contributed by atoms with Crippen molar-refractivity contribution >= 4 is 11.7 Å². The lowest BCUT2D eigenvalue weighted by Crippen LogP contribution is -2.05. The van der Waals surface area contributed by atoms with Gasteiger partial charge in [-0.15, -0.1) is 0 Å². The summed E-state index contributed by atoms with van der Waals surface area (Å²) in [6.07, 6.45) is 4.07. The third-order valence-corrected chi connectivity index (χ3v) is 2.82. The summed E-state index contributed by atoms with van der Waals surface area (Å²) in [5, 5.41) is 12.2. The first kappa shape index (κ1) is 12.2. The fourth-order valence-electron chi connectivity index (χ4n) is 1.81. The Labute approximate surface area is 106 Å². The number of benzene rings is 1. The van der Waals surface area contributed by atoms with Crippen molar-refractivity contribution in [3.8, 4) is 0 Å². The third kappa shape index (κ3) is 2.71. The molecule has 4 heteroatoms. The third-order valence-electron chi connectivity index (χ3n) is 2.82. The minimum atomic E-state index is -0.913. The van der Waals surface area contributed by atoms with E-state index in [0.717, 1.165) is 12.1 Å². The first-order valence-electron chi connectivity index (χ1n) is 5.91. The molecule has 0 fully saturated rings. The van der Waals surface area contributed by atoms with E-state index in [4.69, 9.17) is 5.11 Å². The van der Waals surface area contributed by atoms with E-state index in [1.54, 1.807) is 18.2 Å². The molecule has 2 N–H and O–H groups in total. The smallest absolute Gasteiger partial charge is 0.337 e. The summed E-state index contributed by atoms with van der Waals surface area (Å²) in [5.41, 5.74) is 2.08. The molecule has 18 heavy (non-hydrogen) atoms. The van der Waals surface area contributed by atoms with Crippen LogP contribution in [0.15, 0.2) is 42.7 Å². The van der Waals surface area contributed by atoms with E-state index < -0.39 is 5.97 Å². The molecule has 0 saturated carbocycles. The van der Waals surface area contributed by atoms with Crippen LogP contribution in [0.4, 0.5) is 5.69 Å². The van der Waals surface area contributed by atoms with E-state index in [-0.39, 0.29) is 0 Å². The van der Waals surface area contributed by atoms with Gasteiger partial charge in [0.2, 0.25) is 0 Å². The summed E-state index contributed by atoms with van der Waals surface area (Å²) in [6, 6.07) is 8.95. The van der Waals surface area contributed by atoms with E-state index in [0.29, 0.717) is 17.8 Å². The summed E-state index contributed by atoms with van der Waals surface area (Å²) >= 11 is 0. The Morgan fingerprint density at radius 2 is 2.11 bits per heavy atom. The minimum Gasteiger partial charge on any atom is -0.478 e. The van der Waals surface area contributed by atoms with Crippen molar-refractivity contribution < 1.29 is 9.90 Å². The van der Waals surface area contributed by atoms with Crippen molar-refractivity contribution in [3.05, 3.63) is 53.9 Å². The fourth-order valence-corrected chi connectivity index (χ4v) is 1.81. The molecule has 4 nitrogen and oxygen atoms in total. The van der Waals surface area contributed by atoms with Gasteiger partial charge in [-0.25, -0.2) is 4.79 Å². The predicted octanol–water partition coefficient (Wildman–Crippen LogP) is 2.82. The van der Waals surface area contributed by atoms with Crippen molar-refractivity contribution in [2.45, 2.75) is 20.0 Å². The zero-order valence-corrected chi connectivity index (χ0v) is 10.3. The first-order chi connectivity index (χ1) is 8.70. The number of carboxylic acids is 1. The van der Waals surface area contributed by atoms with Crippen LogP contribution >= 0.6 is 0 Å². The van der Waals surface area contributed by atoms with Gasteiger partial charge in [0, 0.05) is 31.2 Å². The zero-order chi connectivity index (χ0) is 13.0. The summed E-state index contributed by atoms with van der Waals surface area (Å²) in [5.74, 6) is -0.913. The van der Waals surface area contributed by atoms with Gasteiger partial charge in [-0.05, 0) is 30.7 Å². The lowest BCUT2D eigenvalue weighted by molar-refractivity contribution is 0.0698. The molecule has 0 atom stereocenters. The number of hydrogen-bond donors (Lipinski definition) is 2. The topological polar surface area (TPSA) is 54.3 Å². The summed E-state index contributed by atoms with van der Waals surface area (Å²) in [6.45, 7) is 3.64. The van der Waals surface area contributed by atoms with Crippen molar-refractivity contribution in [1.29, 1.82) is 0 Å². The molecular formula is C14H16N2O2. The molecule has 94 valence electrons. The summed E-state index contributed by atoms with van der Waals surface area (Å²) in [7, 11) is 0. The molecule has 0 saturated heterocycles. The van der Waals surface area contributed by atoms with Crippen LogP contribution in [-0.4, -0.2) is 15.6 Å². The van der Waals surface area contributed by atoms with Crippen molar-refractivity contribution in [3.63, 3.8) is 0 Å². The Bertz CT molecular complexity index is 546. The lowest BCUT2D eigenvalue weighted by Gasteiger charge is -2.08. The Morgan fingerprint density at radius 3 is 2.78 bits per heavy atom. The highest BCUT2D eigenvalue weighted by atomic mass is 16.4. The van der Waals surface area contributed by atoms with Crippen LogP contribution < -0.4 is 5.32 Å². The van der Waals surface area contributed by atoms with Crippen LogP contribution in [0.5, 0.6) is 0 Å². The van der Waals surface area contributed by atoms with Crippen LogP contribution in [0.2, 0.25) is 0 Å². The van der Waals surface area contributed by atoms with Gasteiger partial charge in [-0.2, -0.15) is 0 Å². The maximum absolute atomic E-state index is 11.0. The maximum Gasteiger partial charge on any atom is 0.337 e. The molecule has 0 aliphatic heterocycles. The van der Waals surface area contributed by atoms with Gasteiger partial charge in [-0.1, -0.05) is 12.1 Å². The summed E-state index contributed by atoms with van der Waals surface area (Å²) in [4.78, 5) is 11.0. The Balaban J connectivity index is 2.08. The number of carbonyl (C=O) groups is 1. The van der Waals surface area contributed by atoms with Gasteiger partial charge in [0.05, 0.1) is 5.56 Å². The normalized spacial score (nSPS) is 10.3. The second-order valence-corrected chi connectivity index (χ2v) is 4.05. The SMILES string of the molecule is CCn1ccc(CNc2ccccc2C(=O)O)c1. The fraction of sp³-hybridized carbons (Fsp3) is 0.214. The standard InChI is InChI=1S/C14H16N2O2/c1-2-16-8-7-11(10-16)9-15-13-6-4-3-5-12(13)14(17)18/h3-8,10,15H,2,9H2,1H3,(H,17,18). The van der Waals surface area contributed by atoms with E-state index in [9.17, 15) is 4.79 Å². The average Bonchev–Trinajstić information content (AvgIpc) is 2.84. The minimum absolute atomic E-state index is 0.299. The largest absolute Gasteiger partial charge is 0.478 e. The number of anilines is 1. The molecule has 1 heterocycles. The van der Waals surface area contributed by atoms with Gasteiger partial charge >= 0.3 is 5.97 Å². The molecule has 0 aliphatic rings. The molecule has 2 rings (SSSR count). The lowest BCUT2D eigenvalue weighted by atomic mass is 10.1. The molecule has 0 unspecified atom stereocenters. The van der Waals surface area contributed by atoms with Crippen LogP contribution in [-0.2, 0) is 13.1 Å².